The lowest BCUT2D eigenvalue weighted by atomic mass is 9.85. The Hall–Kier alpha value is -0.900. The summed E-state index contributed by atoms with van der Waals surface area (Å²) in [4.78, 5) is 2.68. The fourth-order valence-electron chi connectivity index (χ4n) is 3.71. The molecule has 0 aromatic heterocycles. The van der Waals surface area contributed by atoms with E-state index in [1.807, 2.05) is 0 Å². The van der Waals surface area contributed by atoms with E-state index in [9.17, 15) is 0 Å². The number of rotatable bonds is 4. The van der Waals surface area contributed by atoms with Crippen molar-refractivity contribution in [1.82, 2.24) is 10.2 Å². The van der Waals surface area contributed by atoms with Gasteiger partial charge in [0.15, 0.2) is 0 Å². The molecule has 2 aliphatic rings. The van der Waals surface area contributed by atoms with E-state index in [1.165, 1.54) is 31.4 Å². The molecule has 0 bridgehead atoms. The van der Waals surface area contributed by atoms with Crippen LogP contribution in [-0.4, -0.2) is 43.3 Å². The van der Waals surface area contributed by atoms with Crippen LogP contribution in [0.3, 0.4) is 0 Å². The molecule has 1 saturated carbocycles. The van der Waals surface area contributed by atoms with E-state index in [1.54, 1.807) is 0 Å². The maximum absolute atomic E-state index is 5.72. The highest BCUT2D eigenvalue weighted by Crippen LogP contribution is 2.32. The van der Waals surface area contributed by atoms with Gasteiger partial charge in [-0.25, -0.2) is 0 Å². The van der Waals surface area contributed by atoms with Crippen molar-refractivity contribution in [1.29, 1.82) is 0 Å². The van der Waals surface area contributed by atoms with Crippen molar-refractivity contribution in [3.05, 3.63) is 35.9 Å². The van der Waals surface area contributed by atoms with Crippen LogP contribution in [0, 0.1) is 0 Å². The zero-order chi connectivity index (χ0) is 14.7. The van der Waals surface area contributed by atoms with Crippen LogP contribution in [0.1, 0.15) is 38.7 Å². The van der Waals surface area contributed by atoms with Crippen LogP contribution in [0.25, 0.3) is 0 Å². The number of nitrogens with one attached hydrogen (secondary N) is 1. The Balaban J connectivity index is 1.67. The highest BCUT2D eigenvalue weighted by Gasteiger charge is 2.39. The van der Waals surface area contributed by atoms with Crippen molar-refractivity contribution in [3.8, 4) is 0 Å². The van der Waals surface area contributed by atoms with Gasteiger partial charge in [0.05, 0.1) is 11.6 Å². The van der Waals surface area contributed by atoms with Gasteiger partial charge in [-0.15, -0.1) is 0 Å². The Morgan fingerprint density at radius 2 is 2.05 bits per heavy atom. The molecule has 1 atom stereocenters. The lowest BCUT2D eigenvalue weighted by Crippen LogP contribution is -2.53. The average molecular weight is 288 g/mol. The van der Waals surface area contributed by atoms with E-state index in [2.05, 4.69) is 54.4 Å². The van der Waals surface area contributed by atoms with Gasteiger partial charge in [0, 0.05) is 19.2 Å². The first kappa shape index (κ1) is 15.0. The minimum atomic E-state index is 0.0639. The van der Waals surface area contributed by atoms with Crippen LogP contribution in [0.15, 0.2) is 30.3 Å². The SMILES string of the molecule is CCOC1CC(N2CCCNC(C)(c3ccccc3)C2)C1. The quantitative estimate of drug-likeness (QED) is 0.922. The molecule has 0 radical (unpaired) electrons. The fourth-order valence-corrected chi connectivity index (χ4v) is 3.71. The van der Waals surface area contributed by atoms with Crippen LogP contribution in [0.2, 0.25) is 0 Å². The average Bonchev–Trinajstić information content (AvgIpc) is 2.66. The van der Waals surface area contributed by atoms with Crippen LogP contribution in [0.5, 0.6) is 0 Å². The minimum absolute atomic E-state index is 0.0639. The zero-order valence-electron chi connectivity index (χ0n) is 13.3. The summed E-state index contributed by atoms with van der Waals surface area (Å²) in [6.45, 7) is 8.69. The van der Waals surface area contributed by atoms with Crippen LogP contribution in [-0.2, 0) is 10.3 Å². The van der Waals surface area contributed by atoms with Crippen molar-refractivity contribution in [2.45, 2.75) is 50.8 Å². The Labute approximate surface area is 128 Å². The predicted octanol–water partition coefficient (Wildman–Crippen LogP) is 2.76. The van der Waals surface area contributed by atoms with Gasteiger partial charge in [-0.3, -0.25) is 4.90 Å². The lowest BCUT2D eigenvalue weighted by molar-refractivity contribution is -0.0495. The van der Waals surface area contributed by atoms with E-state index >= 15 is 0 Å². The summed E-state index contributed by atoms with van der Waals surface area (Å²) in [5.74, 6) is 0. The second kappa shape index (κ2) is 6.47. The Kier molecular flexibility index (Phi) is 4.63. The summed E-state index contributed by atoms with van der Waals surface area (Å²) in [6, 6.07) is 11.6. The van der Waals surface area contributed by atoms with Crippen molar-refractivity contribution < 1.29 is 4.74 Å². The highest BCUT2D eigenvalue weighted by molar-refractivity contribution is 5.24. The fraction of sp³-hybridized carbons (Fsp3) is 0.667. The van der Waals surface area contributed by atoms with E-state index in [-0.39, 0.29) is 5.54 Å². The molecular weight excluding hydrogens is 260 g/mol. The van der Waals surface area contributed by atoms with Crippen molar-refractivity contribution in [3.63, 3.8) is 0 Å². The summed E-state index contributed by atoms with van der Waals surface area (Å²) >= 11 is 0. The van der Waals surface area contributed by atoms with E-state index in [0.29, 0.717) is 12.1 Å². The molecular formula is C18H28N2O. The van der Waals surface area contributed by atoms with E-state index < -0.39 is 0 Å². The molecule has 1 saturated heterocycles. The molecule has 1 heterocycles. The van der Waals surface area contributed by atoms with Gasteiger partial charge in [0.1, 0.15) is 0 Å². The molecule has 1 unspecified atom stereocenters. The summed E-state index contributed by atoms with van der Waals surface area (Å²) in [5.41, 5.74) is 1.46. The molecule has 0 spiro atoms. The topological polar surface area (TPSA) is 24.5 Å². The zero-order valence-corrected chi connectivity index (χ0v) is 13.3. The van der Waals surface area contributed by atoms with Gasteiger partial charge >= 0.3 is 0 Å². The van der Waals surface area contributed by atoms with Gasteiger partial charge in [-0.2, -0.15) is 0 Å². The molecule has 0 amide bonds. The number of benzene rings is 1. The maximum atomic E-state index is 5.72. The molecule has 2 fully saturated rings. The number of hydrogen-bond acceptors (Lipinski definition) is 3. The molecule has 1 aromatic carbocycles. The van der Waals surface area contributed by atoms with Crippen molar-refractivity contribution >= 4 is 0 Å². The van der Waals surface area contributed by atoms with Crippen LogP contribution >= 0.6 is 0 Å². The van der Waals surface area contributed by atoms with Gasteiger partial charge in [0.25, 0.3) is 0 Å². The third kappa shape index (κ3) is 3.31. The first-order chi connectivity index (χ1) is 10.2. The molecule has 1 aliphatic carbocycles. The highest BCUT2D eigenvalue weighted by atomic mass is 16.5. The Morgan fingerprint density at radius 1 is 1.29 bits per heavy atom. The van der Waals surface area contributed by atoms with Crippen molar-refractivity contribution in [2.24, 2.45) is 0 Å². The Morgan fingerprint density at radius 3 is 2.76 bits per heavy atom. The predicted molar refractivity (Wildman–Crippen MR) is 86.4 cm³/mol. The number of nitrogens with zero attached hydrogens (tertiary/aromatic N) is 1. The van der Waals surface area contributed by atoms with Crippen LogP contribution < -0.4 is 5.32 Å². The van der Waals surface area contributed by atoms with Gasteiger partial charge in [-0.05, 0) is 51.8 Å². The van der Waals surface area contributed by atoms with Gasteiger partial charge in [-0.1, -0.05) is 30.3 Å². The third-order valence-electron chi connectivity index (χ3n) is 5.06. The van der Waals surface area contributed by atoms with Crippen LogP contribution in [0.4, 0.5) is 0 Å². The Bertz CT molecular complexity index is 444. The monoisotopic (exact) mass is 288 g/mol. The normalized spacial score (nSPS) is 34.2. The summed E-state index contributed by atoms with van der Waals surface area (Å²) in [6.07, 6.45) is 4.15. The lowest BCUT2D eigenvalue weighted by Gasteiger charge is -2.45. The smallest absolute Gasteiger partial charge is 0.0604 e. The third-order valence-corrected chi connectivity index (χ3v) is 5.06. The molecule has 21 heavy (non-hydrogen) atoms. The first-order valence-corrected chi connectivity index (χ1v) is 8.37. The van der Waals surface area contributed by atoms with Gasteiger partial charge < -0.3 is 10.1 Å². The first-order valence-electron chi connectivity index (χ1n) is 8.37. The molecule has 3 rings (SSSR count). The molecule has 1 N–H and O–H groups in total. The van der Waals surface area contributed by atoms with Crippen molar-refractivity contribution in [2.75, 3.05) is 26.2 Å². The summed E-state index contributed by atoms with van der Waals surface area (Å²) in [7, 11) is 0. The summed E-state index contributed by atoms with van der Waals surface area (Å²) < 4.78 is 5.72. The van der Waals surface area contributed by atoms with E-state index in [0.717, 1.165) is 19.7 Å². The summed E-state index contributed by atoms with van der Waals surface area (Å²) in [5, 5.41) is 3.77. The molecule has 116 valence electrons. The number of ether oxygens (including phenoxy) is 1. The van der Waals surface area contributed by atoms with E-state index in [4.69, 9.17) is 4.74 Å². The largest absolute Gasteiger partial charge is 0.378 e. The standard InChI is InChI=1S/C18H28N2O/c1-3-21-17-12-16(13-17)20-11-7-10-19-18(2,14-20)15-8-5-4-6-9-15/h4-6,8-9,16-17,19H,3,7,10-14H2,1-2H3. The second-order valence-electron chi connectivity index (χ2n) is 6.65. The molecule has 3 nitrogen and oxygen atoms in total. The molecule has 3 heteroatoms. The van der Waals surface area contributed by atoms with Gasteiger partial charge in [0.2, 0.25) is 0 Å². The second-order valence-corrected chi connectivity index (χ2v) is 6.65. The minimum Gasteiger partial charge on any atom is -0.378 e. The number of hydrogen-bond donors (Lipinski definition) is 1. The molecule has 1 aliphatic heterocycles. The maximum Gasteiger partial charge on any atom is 0.0604 e. The molecule has 1 aromatic rings.